The van der Waals surface area contributed by atoms with E-state index in [4.69, 9.17) is 24.1 Å². The lowest BCUT2D eigenvalue weighted by Gasteiger charge is -2.53. The summed E-state index contributed by atoms with van der Waals surface area (Å²) in [6.07, 6.45) is 3.64. The zero-order valence-electron chi connectivity index (χ0n) is 22.7. The lowest BCUT2D eigenvalue weighted by molar-refractivity contribution is -0.225. The summed E-state index contributed by atoms with van der Waals surface area (Å²) in [4.78, 5) is 26.5. The van der Waals surface area contributed by atoms with Gasteiger partial charge in [-0.15, -0.1) is 0 Å². The number of fused-ring (bicyclic) bond motifs is 3. The number of aliphatic hydroxyl groups is 2. The molecule has 9 nitrogen and oxygen atoms in total. The average Bonchev–Trinajstić information content (AvgIpc) is 3.47. The summed E-state index contributed by atoms with van der Waals surface area (Å²) in [5, 5.41) is 29.6. The highest BCUT2D eigenvalue weighted by atomic mass is 16.8. The van der Waals surface area contributed by atoms with E-state index in [2.05, 4.69) is 13.0 Å². The van der Waals surface area contributed by atoms with Crippen LogP contribution in [0.2, 0.25) is 0 Å². The van der Waals surface area contributed by atoms with E-state index >= 15 is 0 Å². The third kappa shape index (κ3) is 3.38. The van der Waals surface area contributed by atoms with Crippen molar-refractivity contribution in [3.63, 3.8) is 0 Å². The van der Waals surface area contributed by atoms with Crippen LogP contribution in [0.15, 0.2) is 11.6 Å². The molecule has 212 valence electrons. The number of carboxylic acid groups (broad SMARTS) is 1. The molecule has 0 radical (unpaired) electrons. The zero-order chi connectivity index (χ0) is 27.2. The van der Waals surface area contributed by atoms with Crippen LogP contribution in [0.5, 0.6) is 0 Å². The van der Waals surface area contributed by atoms with Gasteiger partial charge < -0.3 is 39.1 Å². The van der Waals surface area contributed by atoms with Crippen molar-refractivity contribution >= 4 is 12.3 Å². The molecule has 4 aliphatic carbocycles. The summed E-state index contributed by atoms with van der Waals surface area (Å²) >= 11 is 0. The van der Waals surface area contributed by atoms with Gasteiger partial charge in [0, 0.05) is 5.41 Å². The molecule has 6 aliphatic rings. The molecule has 0 spiro atoms. The Morgan fingerprint density at radius 3 is 2.63 bits per heavy atom. The van der Waals surface area contributed by atoms with Crippen LogP contribution in [-0.4, -0.2) is 84.2 Å². The van der Waals surface area contributed by atoms with Gasteiger partial charge in [-0.1, -0.05) is 38.8 Å². The number of aldehydes is 1. The van der Waals surface area contributed by atoms with E-state index in [1.165, 1.54) is 0 Å². The molecule has 8 unspecified atom stereocenters. The molecule has 4 bridgehead atoms. The van der Waals surface area contributed by atoms with Crippen LogP contribution in [0, 0.1) is 45.8 Å². The van der Waals surface area contributed by atoms with Gasteiger partial charge in [-0.25, -0.2) is 0 Å². The Hall–Kier alpha value is -1.36. The van der Waals surface area contributed by atoms with Crippen molar-refractivity contribution in [2.24, 2.45) is 45.8 Å². The summed E-state index contributed by atoms with van der Waals surface area (Å²) in [6, 6.07) is 0. The molecule has 5 fully saturated rings. The molecule has 38 heavy (non-hydrogen) atoms. The number of ether oxygens (including phenoxy) is 4. The smallest absolute Gasteiger partial charge is 0.315 e. The topological polar surface area (TPSA) is 135 Å². The third-order valence-corrected chi connectivity index (χ3v) is 11.2. The molecule has 2 saturated heterocycles. The Morgan fingerprint density at radius 2 is 1.97 bits per heavy atom. The van der Waals surface area contributed by atoms with Crippen molar-refractivity contribution in [2.45, 2.75) is 90.2 Å². The highest BCUT2D eigenvalue weighted by molar-refractivity contribution is 5.89. The van der Waals surface area contributed by atoms with E-state index in [0.717, 1.165) is 31.1 Å². The fourth-order valence-electron chi connectivity index (χ4n) is 9.66. The van der Waals surface area contributed by atoms with Crippen LogP contribution in [-0.2, 0) is 28.5 Å². The second-order valence-corrected chi connectivity index (χ2v) is 13.3. The Morgan fingerprint density at radius 1 is 1.21 bits per heavy atom. The number of carbonyl (C=O) groups excluding carboxylic acids is 1. The van der Waals surface area contributed by atoms with E-state index in [1.807, 2.05) is 20.8 Å². The average molecular weight is 535 g/mol. The standard InChI is InChI=1S/C29H42O9/c1-14(2)20-8-27(13-36-25-24-23(38-24)22(16(4)37-25)35-10-17(32)9-30)11-28(12-31)19-6-5-15(3)18(19)7-21(27)29(20,28)26(33)34/h8,12,14-19,21-25,30,32H,5-7,9-11,13H2,1-4H3,(H,33,34)/t15?,16-,17?,18?,19?,21?,22-,23+,24+,25-,27?,28?,29?/m1/s1. The van der Waals surface area contributed by atoms with Crippen LogP contribution < -0.4 is 0 Å². The first-order valence-corrected chi connectivity index (χ1v) is 14.3. The molecule has 13 atom stereocenters. The molecule has 3 saturated carbocycles. The van der Waals surface area contributed by atoms with E-state index < -0.39 is 34.6 Å². The predicted octanol–water partition coefficient (Wildman–Crippen LogP) is 2.18. The number of carboxylic acids is 1. The number of carbonyl (C=O) groups is 2. The fraction of sp³-hybridized carbons (Fsp3) is 0.862. The molecule has 0 aromatic rings. The number of rotatable bonds is 10. The Balaban J connectivity index is 1.27. The van der Waals surface area contributed by atoms with Gasteiger partial charge >= 0.3 is 5.97 Å². The fourth-order valence-corrected chi connectivity index (χ4v) is 9.66. The Labute approximate surface area is 223 Å². The van der Waals surface area contributed by atoms with Gasteiger partial charge in [0.2, 0.25) is 0 Å². The van der Waals surface area contributed by atoms with Crippen molar-refractivity contribution in [2.75, 3.05) is 19.8 Å². The van der Waals surface area contributed by atoms with Crippen molar-refractivity contribution in [3.05, 3.63) is 11.6 Å². The van der Waals surface area contributed by atoms with Crippen LogP contribution in [0.25, 0.3) is 0 Å². The molecule has 9 heteroatoms. The number of hydrogen-bond acceptors (Lipinski definition) is 8. The lowest BCUT2D eigenvalue weighted by Crippen LogP contribution is -2.58. The second-order valence-electron chi connectivity index (χ2n) is 13.3. The number of aliphatic carboxylic acids is 1. The van der Waals surface area contributed by atoms with Gasteiger partial charge in [-0.2, -0.15) is 0 Å². The van der Waals surface area contributed by atoms with Gasteiger partial charge in [0.05, 0.1) is 31.3 Å². The quantitative estimate of drug-likeness (QED) is 0.219. The molecule has 0 aromatic carbocycles. The van der Waals surface area contributed by atoms with Gasteiger partial charge in [-0.05, 0) is 55.8 Å². The predicted molar refractivity (Wildman–Crippen MR) is 134 cm³/mol. The molecule has 0 amide bonds. The van der Waals surface area contributed by atoms with Gasteiger partial charge in [0.25, 0.3) is 0 Å². The lowest BCUT2D eigenvalue weighted by atomic mass is 9.47. The summed E-state index contributed by atoms with van der Waals surface area (Å²) in [7, 11) is 0. The second kappa shape index (κ2) is 9.08. The molecule has 6 rings (SSSR count). The highest BCUT2D eigenvalue weighted by Gasteiger charge is 2.82. The normalized spacial score (nSPS) is 50.9. The van der Waals surface area contributed by atoms with Gasteiger partial charge in [-0.3, -0.25) is 4.79 Å². The van der Waals surface area contributed by atoms with Crippen molar-refractivity contribution in [1.82, 2.24) is 0 Å². The molecular formula is C29H42O9. The van der Waals surface area contributed by atoms with Gasteiger partial charge in [0.15, 0.2) is 6.29 Å². The first-order chi connectivity index (χ1) is 18.1. The summed E-state index contributed by atoms with van der Waals surface area (Å²) < 4.78 is 24.3. The third-order valence-electron chi connectivity index (χ3n) is 11.2. The number of epoxide rings is 1. The molecule has 2 aliphatic heterocycles. The SMILES string of the molecule is CC(C)C1=CC2(CO[C@@H]3O[C@H](C)[C@@H](OCC(O)CO)[C@@H]4O[C@H]34)CC3(C=O)C4CCC(C)C4CC2C13C(=O)O. The first-order valence-electron chi connectivity index (χ1n) is 14.3. The van der Waals surface area contributed by atoms with Crippen LogP contribution >= 0.6 is 0 Å². The Bertz CT molecular complexity index is 1010. The Kier molecular flexibility index (Phi) is 6.41. The minimum absolute atomic E-state index is 0.00760. The van der Waals surface area contributed by atoms with E-state index in [1.54, 1.807) is 0 Å². The maximum Gasteiger partial charge on any atom is 0.315 e. The number of hydrogen-bond donors (Lipinski definition) is 3. The van der Waals surface area contributed by atoms with Gasteiger partial charge in [0.1, 0.15) is 36.1 Å². The van der Waals surface area contributed by atoms with Crippen LogP contribution in [0.3, 0.4) is 0 Å². The van der Waals surface area contributed by atoms with Crippen molar-refractivity contribution in [3.8, 4) is 0 Å². The van der Waals surface area contributed by atoms with E-state index in [9.17, 15) is 19.8 Å². The molecule has 0 aromatic heterocycles. The minimum atomic E-state index is -1.18. The minimum Gasteiger partial charge on any atom is -0.481 e. The molecular weight excluding hydrogens is 492 g/mol. The van der Waals surface area contributed by atoms with Crippen molar-refractivity contribution in [1.29, 1.82) is 0 Å². The van der Waals surface area contributed by atoms with Crippen LogP contribution in [0.4, 0.5) is 0 Å². The monoisotopic (exact) mass is 534 g/mol. The largest absolute Gasteiger partial charge is 0.481 e. The van der Waals surface area contributed by atoms with Crippen molar-refractivity contribution < 1.29 is 43.9 Å². The summed E-state index contributed by atoms with van der Waals surface area (Å²) in [6.45, 7) is 8.10. The molecule has 2 heterocycles. The van der Waals surface area contributed by atoms with E-state index in [0.29, 0.717) is 18.3 Å². The summed E-state index contributed by atoms with van der Waals surface area (Å²) in [5.74, 6) is -0.111. The summed E-state index contributed by atoms with van der Waals surface area (Å²) in [5.41, 5.74) is -1.74. The number of aliphatic hydroxyl groups excluding tert-OH is 2. The maximum absolute atomic E-state index is 13.3. The highest BCUT2D eigenvalue weighted by Crippen LogP contribution is 2.81. The first kappa shape index (κ1) is 26.8. The van der Waals surface area contributed by atoms with E-state index in [-0.39, 0.29) is 62.0 Å². The molecule has 3 N–H and O–H groups in total. The maximum atomic E-state index is 13.3. The zero-order valence-corrected chi connectivity index (χ0v) is 22.7. The van der Waals surface area contributed by atoms with Crippen LogP contribution in [0.1, 0.15) is 53.4 Å².